The normalized spacial score (nSPS) is 32.0. The van der Waals surface area contributed by atoms with Crippen molar-refractivity contribution in [2.75, 3.05) is 20.3 Å². The molecule has 0 spiro atoms. The van der Waals surface area contributed by atoms with Crippen LogP contribution >= 0.6 is 0 Å². The van der Waals surface area contributed by atoms with Crippen molar-refractivity contribution in [1.29, 1.82) is 0 Å². The molecule has 3 fully saturated rings. The summed E-state index contributed by atoms with van der Waals surface area (Å²) in [6.45, 7) is 2.11. The fourth-order valence-corrected chi connectivity index (χ4v) is 5.44. The van der Waals surface area contributed by atoms with E-state index < -0.39 is 0 Å². The molecule has 4 rings (SSSR count). The third-order valence-electron chi connectivity index (χ3n) is 7.14. The number of carbonyl (C=O) groups excluding carboxylic acids is 1. The van der Waals surface area contributed by atoms with Gasteiger partial charge in [0.1, 0.15) is 0 Å². The maximum absolute atomic E-state index is 11.3. The van der Waals surface area contributed by atoms with E-state index in [0.717, 1.165) is 51.6 Å². The lowest BCUT2D eigenvalue weighted by molar-refractivity contribution is -0.201. The van der Waals surface area contributed by atoms with Gasteiger partial charge in [-0.15, -0.1) is 0 Å². The first kappa shape index (κ1) is 23.7. The molecule has 0 bridgehead atoms. The lowest BCUT2D eigenvalue weighted by Crippen LogP contribution is -2.33. The molecule has 1 aromatic rings. The summed E-state index contributed by atoms with van der Waals surface area (Å²) in [4.78, 5) is 11.3. The highest BCUT2D eigenvalue weighted by Crippen LogP contribution is 2.46. The monoisotopic (exact) mass is 446 g/mol. The Hall–Kier alpha value is -1.47. The number of hydrogen-bond donors (Lipinski definition) is 0. The number of fused-ring (bicyclic) bond motifs is 1. The second-order valence-corrected chi connectivity index (χ2v) is 9.39. The van der Waals surface area contributed by atoms with Crippen molar-refractivity contribution < 1.29 is 28.5 Å². The number of rotatable bonds is 11. The Morgan fingerprint density at radius 2 is 2.00 bits per heavy atom. The Balaban J connectivity index is 1.29. The topological polar surface area (TPSA) is 63.2 Å². The Labute approximate surface area is 191 Å². The highest BCUT2D eigenvalue weighted by atomic mass is 16.7. The molecule has 0 radical (unpaired) electrons. The van der Waals surface area contributed by atoms with E-state index in [1.165, 1.54) is 19.1 Å². The number of methoxy groups -OCH3 is 1. The lowest BCUT2D eigenvalue weighted by Gasteiger charge is -2.30. The molecule has 0 aromatic heterocycles. The minimum absolute atomic E-state index is 0.0849. The Kier molecular flexibility index (Phi) is 8.97. The summed E-state index contributed by atoms with van der Waals surface area (Å²) in [5.41, 5.74) is 1.20. The number of unbranched alkanes of at least 4 members (excludes halogenated alkanes) is 1. The van der Waals surface area contributed by atoms with Crippen LogP contribution in [0, 0.1) is 11.8 Å². The molecular formula is C26H38O6. The number of benzene rings is 1. The van der Waals surface area contributed by atoms with Gasteiger partial charge in [0.25, 0.3) is 0 Å². The van der Waals surface area contributed by atoms with Gasteiger partial charge in [0.2, 0.25) is 0 Å². The maximum atomic E-state index is 11.3. The van der Waals surface area contributed by atoms with Crippen LogP contribution in [0.25, 0.3) is 0 Å². The predicted molar refractivity (Wildman–Crippen MR) is 120 cm³/mol. The van der Waals surface area contributed by atoms with Crippen molar-refractivity contribution in [3.05, 3.63) is 35.9 Å². The van der Waals surface area contributed by atoms with E-state index in [4.69, 9.17) is 23.7 Å². The van der Waals surface area contributed by atoms with Crippen molar-refractivity contribution in [3.8, 4) is 0 Å². The summed E-state index contributed by atoms with van der Waals surface area (Å²) >= 11 is 0. The van der Waals surface area contributed by atoms with E-state index in [0.29, 0.717) is 31.5 Å². The third kappa shape index (κ3) is 6.53. The predicted octanol–water partition coefficient (Wildman–Crippen LogP) is 4.64. The molecule has 2 aliphatic heterocycles. The first-order valence-corrected chi connectivity index (χ1v) is 12.3. The molecule has 178 valence electrons. The lowest BCUT2D eigenvalue weighted by atomic mass is 9.90. The van der Waals surface area contributed by atoms with E-state index >= 15 is 0 Å². The SMILES string of the molecule is COC(=O)CCCCC1C[C@@H]2[C@H](COCc3ccccc3)[C@H](OC3CCCCO3)C[C@@H]2O1. The minimum Gasteiger partial charge on any atom is -0.469 e. The summed E-state index contributed by atoms with van der Waals surface area (Å²) in [6.07, 6.45) is 9.13. The zero-order chi connectivity index (χ0) is 22.2. The molecule has 6 atom stereocenters. The zero-order valence-corrected chi connectivity index (χ0v) is 19.3. The molecule has 6 heteroatoms. The van der Waals surface area contributed by atoms with Crippen LogP contribution in [-0.2, 0) is 35.1 Å². The standard InChI is InChI=1S/C26H38O6/c1-28-25(27)12-6-5-11-20-15-21-22(18-29-17-19-9-3-2-4-10-19)24(16-23(21)31-20)32-26-13-7-8-14-30-26/h2-4,9-10,20-24,26H,5-8,11-18H2,1H3/t20?,21-,22+,23+,24-,26?/m1/s1. The summed E-state index contributed by atoms with van der Waals surface area (Å²) in [5.74, 6) is 0.661. The zero-order valence-electron chi connectivity index (χ0n) is 19.3. The second-order valence-electron chi connectivity index (χ2n) is 9.39. The molecule has 32 heavy (non-hydrogen) atoms. The molecule has 6 nitrogen and oxygen atoms in total. The Morgan fingerprint density at radius 1 is 1.12 bits per heavy atom. The van der Waals surface area contributed by atoms with Crippen molar-refractivity contribution in [1.82, 2.24) is 0 Å². The fraction of sp³-hybridized carbons (Fsp3) is 0.731. The van der Waals surface area contributed by atoms with Crippen LogP contribution in [0.4, 0.5) is 0 Å². The fourth-order valence-electron chi connectivity index (χ4n) is 5.44. The van der Waals surface area contributed by atoms with E-state index in [2.05, 4.69) is 12.1 Å². The Bertz CT molecular complexity index is 689. The van der Waals surface area contributed by atoms with Crippen LogP contribution in [0.1, 0.15) is 63.4 Å². The number of ether oxygens (including phenoxy) is 5. The molecule has 2 heterocycles. The van der Waals surface area contributed by atoms with Gasteiger partial charge in [-0.1, -0.05) is 36.8 Å². The van der Waals surface area contributed by atoms with Gasteiger partial charge in [-0.2, -0.15) is 0 Å². The van der Waals surface area contributed by atoms with Gasteiger partial charge < -0.3 is 23.7 Å². The summed E-state index contributed by atoms with van der Waals surface area (Å²) < 4.78 is 29.6. The second kappa shape index (κ2) is 12.1. The van der Waals surface area contributed by atoms with E-state index in [1.54, 1.807) is 0 Å². The average Bonchev–Trinajstić information content (AvgIpc) is 3.35. The number of carbonyl (C=O) groups is 1. The molecular weight excluding hydrogens is 408 g/mol. The summed E-state index contributed by atoms with van der Waals surface area (Å²) in [6, 6.07) is 10.3. The van der Waals surface area contributed by atoms with Gasteiger partial charge in [-0.05, 0) is 50.0 Å². The van der Waals surface area contributed by atoms with Crippen LogP contribution in [0.2, 0.25) is 0 Å². The van der Waals surface area contributed by atoms with Gasteiger partial charge in [0.05, 0.1) is 38.6 Å². The molecule has 1 aliphatic carbocycles. The minimum atomic E-state index is -0.130. The smallest absolute Gasteiger partial charge is 0.305 e. The summed E-state index contributed by atoms with van der Waals surface area (Å²) in [7, 11) is 1.44. The molecule has 3 aliphatic rings. The van der Waals surface area contributed by atoms with Crippen molar-refractivity contribution in [2.24, 2.45) is 11.8 Å². The van der Waals surface area contributed by atoms with Crippen LogP contribution in [-0.4, -0.2) is 50.9 Å². The van der Waals surface area contributed by atoms with Crippen molar-refractivity contribution in [3.63, 3.8) is 0 Å². The van der Waals surface area contributed by atoms with Crippen molar-refractivity contribution in [2.45, 2.75) is 89.0 Å². The van der Waals surface area contributed by atoms with Crippen LogP contribution in [0.5, 0.6) is 0 Å². The van der Waals surface area contributed by atoms with Gasteiger partial charge in [-0.3, -0.25) is 4.79 Å². The van der Waals surface area contributed by atoms with Gasteiger partial charge in [0.15, 0.2) is 6.29 Å². The first-order chi connectivity index (χ1) is 15.7. The van der Waals surface area contributed by atoms with E-state index in [-0.39, 0.29) is 30.6 Å². The van der Waals surface area contributed by atoms with Crippen LogP contribution in [0.3, 0.4) is 0 Å². The molecule has 0 N–H and O–H groups in total. The van der Waals surface area contributed by atoms with E-state index in [1.807, 2.05) is 18.2 Å². The quantitative estimate of drug-likeness (QED) is 0.364. The number of hydrogen-bond acceptors (Lipinski definition) is 6. The molecule has 1 saturated carbocycles. The first-order valence-electron chi connectivity index (χ1n) is 12.3. The van der Waals surface area contributed by atoms with Gasteiger partial charge in [-0.25, -0.2) is 0 Å². The highest BCUT2D eigenvalue weighted by Gasteiger charge is 2.50. The van der Waals surface area contributed by atoms with Crippen LogP contribution in [0.15, 0.2) is 30.3 Å². The highest BCUT2D eigenvalue weighted by molar-refractivity contribution is 5.68. The average molecular weight is 447 g/mol. The largest absolute Gasteiger partial charge is 0.469 e. The molecule has 2 unspecified atom stereocenters. The third-order valence-corrected chi connectivity index (χ3v) is 7.14. The van der Waals surface area contributed by atoms with Gasteiger partial charge in [0, 0.05) is 25.4 Å². The maximum Gasteiger partial charge on any atom is 0.305 e. The number of esters is 1. The summed E-state index contributed by atoms with van der Waals surface area (Å²) in [5, 5.41) is 0. The van der Waals surface area contributed by atoms with E-state index in [9.17, 15) is 4.79 Å². The Morgan fingerprint density at radius 3 is 2.78 bits per heavy atom. The molecule has 2 saturated heterocycles. The van der Waals surface area contributed by atoms with Crippen molar-refractivity contribution >= 4 is 5.97 Å². The molecule has 1 aromatic carbocycles. The molecule has 0 amide bonds. The van der Waals surface area contributed by atoms with Crippen LogP contribution < -0.4 is 0 Å². The van der Waals surface area contributed by atoms with Gasteiger partial charge >= 0.3 is 5.97 Å².